The van der Waals surface area contributed by atoms with E-state index >= 15 is 0 Å². The van der Waals surface area contributed by atoms with E-state index in [2.05, 4.69) is 92.1 Å². The van der Waals surface area contributed by atoms with Gasteiger partial charge in [-0.15, -0.1) is 0 Å². The van der Waals surface area contributed by atoms with Crippen LogP contribution in [-0.2, 0) is 33.2 Å². The minimum absolute atomic E-state index is 0.227. The molecule has 0 aromatic heterocycles. The molecule has 0 bridgehead atoms. The molecule has 3 fully saturated rings. The molecule has 3 rings (SSSR count). The van der Waals surface area contributed by atoms with E-state index in [1.807, 2.05) is 6.08 Å². The van der Waals surface area contributed by atoms with Gasteiger partial charge in [0.25, 0.3) is 0 Å². The van der Waals surface area contributed by atoms with E-state index in [0.29, 0.717) is 12.8 Å². The number of allylic oxidation sites excluding steroid dienone is 13. The van der Waals surface area contributed by atoms with Crippen LogP contribution in [0.1, 0.15) is 232 Å². The van der Waals surface area contributed by atoms with Crippen LogP contribution >= 0.6 is 0 Å². The minimum atomic E-state index is -1.99. The Kier molecular flexibility index (Phi) is 48.0. The zero-order valence-electron chi connectivity index (χ0n) is 55.5. The molecule has 12 N–H and O–H groups in total. The summed E-state index contributed by atoms with van der Waals surface area (Å²) in [5.74, 6) is -0.292. The number of hydrogen-bond donors (Lipinski definition) is 12. The Labute approximate surface area is 546 Å². The summed E-state index contributed by atoms with van der Waals surface area (Å²) in [6.45, 7) is 1.59. The molecule has 1 amide bonds. The van der Waals surface area contributed by atoms with Crippen LogP contribution in [0.2, 0.25) is 0 Å². The summed E-state index contributed by atoms with van der Waals surface area (Å²) in [5.41, 5.74) is 0. The first-order chi connectivity index (χ1) is 44.3. The highest BCUT2D eigenvalue weighted by molar-refractivity contribution is 5.76. The van der Waals surface area contributed by atoms with E-state index in [9.17, 15) is 61.0 Å². The first-order valence-corrected chi connectivity index (χ1v) is 35.3. The number of nitrogens with one attached hydrogen (secondary N) is 1. The Morgan fingerprint density at radius 3 is 1.23 bits per heavy atom. The summed E-state index contributed by atoms with van der Waals surface area (Å²) in [4.78, 5) is 13.4. The number of amides is 1. The molecule has 19 nitrogen and oxygen atoms in total. The van der Waals surface area contributed by atoms with Crippen LogP contribution in [0.25, 0.3) is 0 Å². The summed E-state index contributed by atoms with van der Waals surface area (Å²) in [6.07, 6.45) is 41.3. The number of hydrogen-bond acceptors (Lipinski definition) is 18. The molecular weight excluding hydrogens is 1170 g/mol. The van der Waals surface area contributed by atoms with Crippen LogP contribution in [0.4, 0.5) is 0 Å². The molecule has 0 aliphatic carbocycles. The van der Waals surface area contributed by atoms with Gasteiger partial charge in [-0.25, -0.2) is 0 Å². The molecule has 19 heteroatoms. The lowest BCUT2D eigenvalue weighted by atomic mass is 9.96. The SMILES string of the molecule is CC/C=C\C/C=C\C/C=C\C/C=C\CCCCCCCCCCCCCCCCC(=O)NC(COC1OC(CO)C(OC2OC(CO)C(OC3OC(CO)C(O)C(O)C3O)C(O)C2O)C(O)C1O)C(O)/C=C/CC/C=C/CC/C=C/CCCCCCCCCCC. The lowest BCUT2D eigenvalue weighted by Gasteiger charge is -2.48. The van der Waals surface area contributed by atoms with Crippen LogP contribution in [-0.4, -0.2) is 193 Å². The Balaban J connectivity index is 1.44. The minimum Gasteiger partial charge on any atom is -0.394 e. The maximum absolute atomic E-state index is 13.4. The smallest absolute Gasteiger partial charge is 0.220 e. The van der Waals surface area contributed by atoms with Gasteiger partial charge in [-0.1, -0.05) is 227 Å². The standard InChI is InChI=1S/C72H125NO18/c1-3-5-7-9-11-13-15-17-19-21-23-24-25-26-27-28-29-30-32-34-36-38-40-42-44-46-48-50-60(78)73-55(56(77)49-47-45-43-41-39-37-35-33-31-22-20-18-16-14-12-10-8-6-4-2)54-86-70-66(84)63(81)68(58(52-75)88-70)91-72-67(85)64(82)69(59(53-76)89-72)90-71-65(83)62(80)61(79)57(51-74)87-71/h5,7,11,13,17,19,23-24,31,33,39,41,47,49,55-59,61-72,74-77,79-85H,3-4,6,8-10,12,14-16,18,20-22,25-30,32,34-38,40,42-46,48,50-54H2,1-2H3,(H,73,78)/b7-5-,13-11-,19-17-,24-23-,33-31+,41-39+,49-47+. The molecule has 17 unspecified atom stereocenters. The van der Waals surface area contributed by atoms with E-state index in [1.165, 1.54) is 122 Å². The summed E-state index contributed by atoms with van der Waals surface area (Å²) in [7, 11) is 0. The molecule has 0 radical (unpaired) electrons. The highest BCUT2D eigenvalue weighted by atomic mass is 16.8. The maximum Gasteiger partial charge on any atom is 0.220 e. The molecule has 3 heterocycles. The topological polar surface area (TPSA) is 307 Å². The van der Waals surface area contributed by atoms with Crippen molar-refractivity contribution in [3.8, 4) is 0 Å². The van der Waals surface area contributed by atoms with Crippen molar-refractivity contribution >= 4 is 5.91 Å². The van der Waals surface area contributed by atoms with Crippen LogP contribution in [0.5, 0.6) is 0 Å². The van der Waals surface area contributed by atoms with Crippen molar-refractivity contribution in [2.24, 2.45) is 0 Å². The van der Waals surface area contributed by atoms with Gasteiger partial charge >= 0.3 is 0 Å². The van der Waals surface area contributed by atoms with Crippen molar-refractivity contribution in [3.63, 3.8) is 0 Å². The molecule has 91 heavy (non-hydrogen) atoms. The fourth-order valence-corrected chi connectivity index (χ4v) is 11.4. The van der Waals surface area contributed by atoms with Gasteiger partial charge in [0.05, 0.1) is 38.6 Å². The third kappa shape index (κ3) is 35.0. The third-order valence-electron chi connectivity index (χ3n) is 17.2. The van der Waals surface area contributed by atoms with Gasteiger partial charge in [-0.05, 0) is 83.5 Å². The van der Waals surface area contributed by atoms with E-state index in [0.717, 1.165) is 77.0 Å². The Bertz CT molecular complexity index is 1980. The van der Waals surface area contributed by atoms with Gasteiger partial charge < -0.3 is 89.9 Å². The van der Waals surface area contributed by atoms with E-state index in [-0.39, 0.29) is 18.9 Å². The van der Waals surface area contributed by atoms with Gasteiger partial charge in [-0.2, -0.15) is 0 Å². The second-order valence-electron chi connectivity index (χ2n) is 24.9. The number of aliphatic hydroxyl groups excluding tert-OH is 11. The van der Waals surface area contributed by atoms with Crippen molar-refractivity contribution < 1.29 is 89.4 Å². The molecule has 0 saturated carbocycles. The summed E-state index contributed by atoms with van der Waals surface area (Å²) < 4.78 is 34.3. The van der Waals surface area contributed by atoms with Crippen LogP contribution in [0.3, 0.4) is 0 Å². The first kappa shape index (κ1) is 82.2. The quantitative estimate of drug-likeness (QED) is 0.0199. The summed E-state index contributed by atoms with van der Waals surface area (Å²) in [5, 5.41) is 121. The Morgan fingerprint density at radius 2 is 0.769 bits per heavy atom. The average molecular weight is 1290 g/mol. The number of ether oxygens (including phenoxy) is 6. The van der Waals surface area contributed by atoms with E-state index in [1.54, 1.807) is 6.08 Å². The molecule has 0 aromatic rings. The number of rotatable bonds is 53. The number of carbonyl (C=O) groups is 1. The predicted molar refractivity (Wildman–Crippen MR) is 355 cm³/mol. The van der Waals surface area contributed by atoms with Crippen molar-refractivity contribution in [3.05, 3.63) is 85.1 Å². The largest absolute Gasteiger partial charge is 0.394 e. The zero-order chi connectivity index (χ0) is 66.1. The normalized spacial score (nSPS) is 28.4. The van der Waals surface area contributed by atoms with Crippen LogP contribution in [0.15, 0.2) is 85.1 Å². The zero-order valence-corrected chi connectivity index (χ0v) is 55.5. The second kappa shape index (κ2) is 53.2. The van der Waals surface area contributed by atoms with E-state index in [4.69, 9.17) is 28.4 Å². The maximum atomic E-state index is 13.4. The number of carbonyl (C=O) groups excluding carboxylic acids is 1. The van der Waals surface area contributed by atoms with Gasteiger partial charge in [0, 0.05) is 6.42 Å². The summed E-state index contributed by atoms with van der Waals surface area (Å²) in [6, 6.07) is -1.00. The van der Waals surface area contributed by atoms with Gasteiger partial charge in [0.2, 0.25) is 5.91 Å². The molecule has 17 atom stereocenters. The second-order valence-corrected chi connectivity index (χ2v) is 24.9. The fraction of sp³-hybridized carbons (Fsp3) is 0.792. The highest BCUT2D eigenvalue weighted by Crippen LogP contribution is 2.33. The van der Waals surface area contributed by atoms with Crippen LogP contribution in [0, 0.1) is 0 Å². The van der Waals surface area contributed by atoms with Crippen molar-refractivity contribution in [2.45, 2.75) is 336 Å². The molecule has 526 valence electrons. The summed E-state index contributed by atoms with van der Waals surface area (Å²) >= 11 is 0. The third-order valence-corrected chi connectivity index (χ3v) is 17.2. The fourth-order valence-electron chi connectivity index (χ4n) is 11.4. The Hall–Kier alpha value is -3.03. The van der Waals surface area contributed by atoms with Gasteiger partial charge in [-0.3, -0.25) is 4.79 Å². The van der Waals surface area contributed by atoms with E-state index < -0.39 is 124 Å². The monoisotopic (exact) mass is 1290 g/mol. The predicted octanol–water partition coefficient (Wildman–Crippen LogP) is 9.49. The van der Waals surface area contributed by atoms with Crippen molar-refractivity contribution in [1.29, 1.82) is 0 Å². The lowest BCUT2D eigenvalue weighted by Crippen LogP contribution is -2.66. The average Bonchev–Trinajstić information content (AvgIpc) is 0.885. The molecular formula is C72H125NO18. The van der Waals surface area contributed by atoms with Crippen molar-refractivity contribution in [2.75, 3.05) is 26.4 Å². The molecule has 3 saturated heterocycles. The molecule has 3 aliphatic heterocycles. The van der Waals surface area contributed by atoms with Gasteiger partial charge in [0.1, 0.15) is 73.2 Å². The molecule has 0 spiro atoms. The highest BCUT2D eigenvalue weighted by Gasteiger charge is 2.53. The Morgan fingerprint density at radius 1 is 0.407 bits per heavy atom. The first-order valence-electron chi connectivity index (χ1n) is 35.3. The number of aliphatic hydroxyl groups is 11. The van der Waals surface area contributed by atoms with Crippen LogP contribution < -0.4 is 5.32 Å². The van der Waals surface area contributed by atoms with Crippen molar-refractivity contribution in [1.82, 2.24) is 5.32 Å². The molecule has 0 aromatic carbocycles. The lowest BCUT2D eigenvalue weighted by molar-refractivity contribution is -0.379. The van der Waals surface area contributed by atoms with Gasteiger partial charge in [0.15, 0.2) is 18.9 Å². The molecule has 3 aliphatic rings. The number of unbranched alkanes of at least 4 members (excludes halogenated alkanes) is 25.